The third-order valence-electron chi connectivity index (χ3n) is 8.75. The second kappa shape index (κ2) is 13.8. The van der Waals surface area contributed by atoms with Crippen molar-refractivity contribution >= 4 is 23.5 Å². The highest BCUT2D eigenvalue weighted by atomic mass is 32.2. The molecule has 1 N–H and O–H groups in total. The number of nitrogens with zero attached hydrogens (tertiary/aromatic N) is 1. The smallest absolute Gasteiger partial charge is 0.411 e. The lowest BCUT2D eigenvalue weighted by Gasteiger charge is -2.43. The van der Waals surface area contributed by atoms with Gasteiger partial charge in [0.25, 0.3) is 0 Å². The van der Waals surface area contributed by atoms with E-state index in [1.807, 2.05) is 24.3 Å². The molecule has 3 fully saturated rings. The fourth-order valence-corrected chi connectivity index (χ4v) is 7.32. The maximum Gasteiger partial charge on any atom is 0.411 e. The van der Waals surface area contributed by atoms with Gasteiger partial charge in [-0.2, -0.15) is 0 Å². The molecule has 1 aliphatic heterocycles. The molecule has 4 rings (SSSR count). The van der Waals surface area contributed by atoms with E-state index in [1.165, 1.54) is 94.8 Å². The number of thioether (sulfide) groups is 1. The number of nitrogens with one attached hydrogen (secondary N) is 1. The number of hydrogen-bond donors (Lipinski definition) is 1. The first-order valence-corrected chi connectivity index (χ1v) is 15.3. The van der Waals surface area contributed by atoms with Crippen LogP contribution in [0.3, 0.4) is 0 Å². The minimum atomic E-state index is -0.340. The van der Waals surface area contributed by atoms with Crippen LogP contribution in [0.4, 0.5) is 10.5 Å². The minimum Gasteiger partial charge on any atom is -0.448 e. The van der Waals surface area contributed by atoms with E-state index in [4.69, 9.17) is 4.74 Å². The van der Waals surface area contributed by atoms with Gasteiger partial charge < -0.3 is 4.74 Å². The molecule has 1 aromatic rings. The zero-order chi connectivity index (χ0) is 23.6. The maximum absolute atomic E-state index is 12.3. The van der Waals surface area contributed by atoms with Crippen LogP contribution < -0.4 is 5.32 Å². The maximum atomic E-state index is 12.3. The van der Waals surface area contributed by atoms with Gasteiger partial charge >= 0.3 is 6.09 Å². The zero-order valence-electron chi connectivity index (χ0n) is 21.3. The number of carbonyl (C=O) groups is 1. The third-order valence-corrected chi connectivity index (χ3v) is 9.50. The van der Waals surface area contributed by atoms with Crippen LogP contribution >= 0.6 is 11.8 Å². The number of benzene rings is 1. The van der Waals surface area contributed by atoms with Crippen molar-refractivity contribution in [3.63, 3.8) is 0 Å². The van der Waals surface area contributed by atoms with Crippen LogP contribution in [0.2, 0.25) is 0 Å². The minimum absolute atomic E-state index is 0.340. The Balaban J connectivity index is 1.28. The summed E-state index contributed by atoms with van der Waals surface area (Å²) >= 11 is 1.70. The predicted octanol–water partition coefficient (Wildman–Crippen LogP) is 7.98. The van der Waals surface area contributed by atoms with Crippen molar-refractivity contribution in [1.82, 2.24) is 4.90 Å². The first-order chi connectivity index (χ1) is 16.7. The number of carbonyl (C=O) groups excluding carboxylic acids is 1. The number of hydrogen-bond acceptors (Lipinski definition) is 4. The molecule has 5 heteroatoms. The quantitative estimate of drug-likeness (QED) is 0.359. The highest BCUT2D eigenvalue weighted by molar-refractivity contribution is 7.98. The van der Waals surface area contributed by atoms with Crippen molar-refractivity contribution in [2.75, 3.05) is 31.3 Å². The molecule has 4 nitrogen and oxygen atoms in total. The fourth-order valence-electron chi connectivity index (χ4n) is 6.91. The van der Waals surface area contributed by atoms with Gasteiger partial charge in [0.15, 0.2) is 0 Å². The van der Waals surface area contributed by atoms with Crippen molar-refractivity contribution in [2.24, 2.45) is 17.8 Å². The Hall–Kier alpha value is -1.20. The van der Waals surface area contributed by atoms with Gasteiger partial charge in [0.1, 0.15) is 6.61 Å². The van der Waals surface area contributed by atoms with Crippen molar-refractivity contribution in [1.29, 1.82) is 0 Å². The SMILES string of the molecule is CSc1ccc(NC(=O)OCCN2CCCCC2CC(C2CCCCC2)C2CCCCC2)cc1. The molecule has 34 heavy (non-hydrogen) atoms. The highest BCUT2D eigenvalue weighted by Crippen LogP contribution is 2.43. The van der Waals surface area contributed by atoms with Crippen molar-refractivity contribution in [2.45, 2.75) is 101 Å². The molecule has 1 aromatic carbocycles. The second-order valence-electron chi connectivity index (χ2n) is 10.9. The lowest BCUT2D eigenvalue weighted by atomic mass is 9.67. The van der Waals surface area contributed by atoms with Gasteiger partial charge in [0, 0.05) is 23.2 Å². The molecular weight excluding hydrogens is 440 g/mol. The molecule has 1 unspecified atom stereocenters. The van der Waals surface area contributed by atoms with Gasteiger partial charge in [0.2, 0.25) is 0 Å². The van der Waals surface area contributed by atoms with Crippen molar-refractivity contribution in [3.05, 3.63) is 24.3 Å². The first kappa shape index (κ1) is 25.9. The van der Waals surface area contributed by atoms with Crippen LogP contribution in [0.25, 0.3) is 0 Å². The second-order valence-corrected chi connectivity index (χ2v) is 11.8. The summed E-state index contributed by atoms with van der Waals surface area (Å²) in [5, 5.41) is 2.87. The normalized spacial score (nSPS) is 23.2. The van der Waals surface area contributed by atoms with Crippen LogP contribution in [0, 0.1) is 17.8 Å². The average Bonchev–Trinajstić information content (AvgIpc) is 2.89. The molecule has 1 amide bonds. The van der Waals surface area contributed by atoms with Crippen molar-refractivity contribution in [3.8, 4) is 0 Å². The summed E-state index contributed by atoms with van der Waals surface area (Å²) in [6, 6.07) is 8.59. The van der Waals surface area contributed by atoms with E-state index >= 15 is 0 Å². The Labute approximate surface area is 212 Å². The number of likely N-dealkylation sites (tertiary alicyclic amines) is 1. The van der Waals surface area contributed by atoms with Gasteiger partial charge in [0.05, 0.1) is 0 Å². The summed E-state index contributed by atoms with van der Waals surface area (Å²) in [6.45, 7) is 2.50. The Morgan fingerprint density at radius 1 is 0.941 bits per heavy atom. The summed E-state index contributed by atoms with van der Waals surface area (Å²) < 4.78 is 5.59. The predicted molar refractivity (Wildman–Crippen MR) is 144 cm³/mol. The summed E-state index contributed by atoms with van der Waals surface area (Å²) in [4.78, 5) is 16.2. The molecule has 1 heterocycles. The number of amides is 1. The Kier molecular flexibility index (Phi) is 10.5. The van der Waals surface area contributed by atoms with Gasteiger partial charge in [-0.05, 0) is 74.1 Å². The van der Waals surface area contributed by atoms with E-state index in [2.05, 4.69) is 16.5 Å². The van der Waals surface area contributed by atoms with Gasteiger partial charge in [-0.25, -0.2) is 4.79 Å². The van der Waals surface area contributed by atoms with E-state index < -0.39 is 0 Å². The molecule has 0 bridgehead atoms. The first-order valence-electron chi connectivity index (χ1n) is 14.0. The molecule has 2 saturated carbocycles. The number of ether oxygens (including phenoxy) is 1. The monoisotopic (exact) mass is 486 g/mol. The van der Waals surface area contributed by atoms with E-state index in [0.717, 1.165) is 36.5 Å². The Morgan fingerprint density at radius 3 is 2.18 bits per heavy atom. The van der Waals surface area contributed by atoms with Crippen molar-refractivity contribution < 1.29 is 9.53 Å². The largest absolute Gasteiger partial charge is 0.448 e. The lowest BCUT2D eigenvalue weighted by Crippen LogP contribution is -2.44. The molecule has 0 spiro atoms. The molecule has 1 atom stereocenters. The van der Waals surface area contributed by atoms with Crippen LogP contribution in [0.1, 0.15) is 89.9 Å². The number of anilines is 1. The summed E-state index contributed by atoms with van der Waals surface area (Å²) in [5.74, 6) is 2.83. The fraction of sp³-hybridized carbons (Fsp3) is 0.759. The van der Waals surface area contributed by atoms with E-state index in [-0.39, 0.29) is 6.09 Å². The average molecular weight is 487 g/mol. The van der Waals surface area contributed by atoms with E-state index in [1.54, 1.807) is 11.8 Å². The molecule has 3 aliphatic rings. The highest BCUT2D eigenvalue weighted by Gasteiger charge is 2.35. The topological polar surface area (TPSA) is 41.6 Å². The lowest BCUT2D eigenvalue weighted by molar-refractivity contribution is 0.0553. The Bertz CT molecular complexity index is 710. The van der Waals surface area contributed by atoms with Crippen LogP contribution in [0.15, 0.2) is 29.2 Å². The Morgan fingerprint density at radius 2 is 1.56 bits per heavy atom. The molecule has 0 radical (unpaired) electrons. The summed E-state index contributed by atoms with van der Waals surface area (Å²) in [7, 11) is 0. The molecule has 2 aliphatic carbocycles. The van der Waals surface area contributed by atoms with Crippen LogP contribution in [-0.2, 0) is 4.74 Å². The third kappa shape index (κ3) is 7.65. The number of piperidine rings is 1. The van der Waals surface area contributed by atoms with Crippen LogP contribution in [0.5, 0.6) is 0 Å². The van der Waals surface area contributed by atoms with Gasteiger partial charge in [-0.3, -0.25) is 10.2 Å². The molecular formula is C29H46N2O2S. The summed E-state index contributed by atoms with van der Waals surface area (Å²) in [6.07, 6.45) is 21.6. The van der Waals surface area contributed by atoms with Crippen LogP contribution in [-0.4, -0.2) is 43.0 Å². The van der Waals surface area contributed by atoms with Gasteiger partial charge in [-0.1, -0.05) is 70.6 Å². The summed E-state index contributed by atoms with van der Waals surface area (Å²) in [5.41, 5.74) is 0.793. The standard InChI is InChI=1S/C29H46N2O2S/c1-34-27-17-15-25(16-18-27)30-29(32)33-21-20-31-19-9-8-14-26(31)22-28(23-10-4-2-5-11-23)24-12-6-3-7-13-24/h15-18,23-24,26,28H,2-14,19-22H2,1H3,(H,30,32). The zero-order valence-corrected chi connectivity index (χ0v) is 22.1. The van der Waals surface area contributed by atoms with E-state index in [9.17, 15) is 4.79 Å². The molecule has 190 valence electrons. The van der Waals surface area contributed by atoms with E-state index in [0.29, 0.717) is 12.6 Å². The van der Waals surface area contributed by atoms with Gasteiger partial charge in [-0.15, -0.1) is 11.8 Å². The number of rotatable bonds is 9. The molecule has 1 saturated heterocycles. The molecule has 0 aromatic heterocycles.